The van der Waals surface area contributed by atoms with Crippen LogP contribution in [-0.2, 0) is 4.79 Å². The van der Waals surface area contributed by atoms with Crippen LogP contribution >= 0.6 is 0 Å². The highest BCUT2D eigenvalue weighted by molar-refractivity contribution is 5.90. The van der Waals surface area contributed by atoms with Crippen molar-refractivity contribution >= 4 is 11.6 Å². The highest BCUT2D eigenvalue weighted by atomic mass is 16.1. The van der Waals surface area contributed by atoms with E-state index in [0.717, 1.165) is 12.8 Å². The van der Waals surface area contributed by atoms with Crippen LogP contribution in [0.4, 0.5) is 5.69 Å². The van der Waals surface area contributed by atoms with Crippen LogP contribution in [0, 0.1) is 22.7 Å². The largest absolute Gasteiger partial charge is 0.326 e. The lowest BCUT2D eigenvalue weighted by molar-refractivity contribution is -0.116. The number of carbonyl (C=O) groups excluding carboxylic acids is 1. The van der Waals surface area contributed by atoms with Gasteiger partial charge in [0.25, 0.3) is 0 Å². The van der Waals surface area contributed by atoms with Crippen molar-refractivity contribution in [2.75, 3.05) is 5.32 Å². The molecule has 1 rings (SSSR count). The Morgan fingerprint density at radius 1 is 1.29 bits per heavy atom. The summed E-state index contributed by atoms with van der Waals surface area (Å²) in [6.07, 6.45) is 2.27. The Morgan fingerprint density at radius 2 is 2.00 bits per heavy atom. The van der Waals surface area contributed by atoms with Gasteiger partial charge in [-0.05, 0) is 24.6 Å². The SMILES string of the molecule is CCCCC(=O)Nc1ccc(C#N)c(C#N)c1. The highest BCUT2D eigenvalue weighted by Crippen LogP contribution is 2.15. The fourth-order valence-corrected chi connectivity index (χ4v) is 1.37. The molecule has 0 saturated heterocycles. The first-order valence-electron chi connectivity index (χ1n) is 5.45. The molecule has 4 nitrogen and oxygen atoms in total. The van der Waals surface area contributed by atoms with Crippen molar-refractivity contribution in [1.82, 2.24) is 0 Å². The number of nitrogens with zero attached hydrogens (tertiary/aromatic N) is 2. The minimum Gasteiger partial charge on any atom is -0.326 e. The van der Waals surface area contributed by atoms with E-state index in [1.807, 2.05) is 19.1 Å². The third-order valence-corrected chi connectivity index (χ3v) is 2.30. The van der Waals surface area contributed by atoms with E-state index in [2.05, 4.69) is 5.32 Å². The van der Waals surface area contributed by atoms with Crippen molar-refractivity contribution in [3.63, 3.8) is 0 Å². The molecule has 0 saturated carbocycles. The molecular formula is C13H13N3O. The minimum absolute atomic E-state index is 0.0690. The second-order valence-corrected chi connectivity index (χ2v) is 3.64. The molecule has 0 aliphatic carbocycles. The van der Waals surface area contributed by atoms with Crippen LogP contribution in [0.2, 0.25) is 0 Å². The van der Waals surface area contributed by atoms with Crippen LogP contribution in [0.25, 0.3) is 0 Å². The van der Waals surface area contributed by atoms with Gasteiger partial charge in [0.15, 0.2) is 0 Å². The van der Waals surface area contributed by atoms with Gasteiger partial charge in [-0.2, -0.15) is 10.5 Å². The summed E-state index contributed by atoms with van der Waals surface area (Å²) in [4.78, 5) is 11.5. The Kier molecular flexibility index (Phi) is 4.72. The van der Waals surface area contributed by atoms with Crippen LogP contribution in [-0.4, -0.2) is 5.91 Å². The summed E-state index contributed by atoms with van der Waals surface area (Å²) < 4.78 is 0. The molecule has 0 aliphatic heterocycles. The van der Waals surface area contributed by atoms with Gasteiger partial charge in [-0.15, -0.1) is 0 Å². The molecule has 4 heteroatoms. The zero-order chi connectivity index (χ0) is 12.7. The molecule has 0 aliphatic rings. The van der Waals surface area contributed by atoms with Gasteiger partial charge in [0.2, 0.25) is 5.91 Å². The van der Waals surface area contributed by atoms with Gasteiger partial charge in [0.1, 0.15) is 12.1 Å². The van der Waals surface area contributed by atoms with Gasteiger partial charge < -0.3 is 5.32 Å². The molecule has 0 fully saturated rings. The van der Waals surface area contributed by atoms with E-state index in [-0.39, 0.29) is 11.5 Å². The number of rotatable bonds is 4. The van der Waals surface area contributed by atoms with Crippen molar-refractivity contribution in [3.05, 3.63) is 29.3 Å². The zero-order valence-corrected chi connectivity index (χ0v) is 9.66. The van der Waals surface area contributed by atoms with Crippen molar-refractivity contribution < 1.29 is 4.79 Å². The van der Waals surface area contributed by atoms with Crippen LogP contribution in [0.5, 0.6) is 0 Å². The van der Waals surface area contributed by atoms with Gasteiger partial charge in [-0.1, -0.05) is 13.3 Å². The molecule has 1 aromatic rings. The average molecular weight is 227 g/mol. The third kappa shape index (κ3) is 3.62. The maximum absolute atomic E-state index is 11.5. The van der Waals surface area contributed by atoms with E-state index >= 15 is 0 Å². The molecule has 0 radical (unpaired) electrons. The number of benzene rings is 1. The molecule has 0 atom stereocenters. The van der Waals surface area contributed by atoms with Crippen LogP contribution in [0.1, 0.15) is 37.3 Å². The van der Waals surface area contributed by atoms with E-state index in [0.29, 0.717) is 17.7 Å². The second-order valence-electron chi connectivity index (χ2n) is 3.64. The Hall–Kier alpha value is -2.33. The highest BCUT2D eigenvalue weighted by Gasteiger charge is 2.05. The van der Waals surface area contributed by atoms with E-state index in [4.69, 9.17) is 10.5 Å². The third-order valence-electron chi connectivity index (χ3n) is 2.30. The summed E-state index contributed by atoms with van der Waals surface area (Å²) in [6.45, 7) is 2.02. The van der Waals surface area contributed by atoms with Gasteiger partial charge in [-0.25, -0.2) is 0 Å². The standard InChI is InChI=1S/C13H13N3O/c1-2-3-4-13(17)16-12-6-5-10(8-14)11(7-12)9-15/h5-7H,2-4H2,1H3,(H,16,17). The topological polar surface area (TPSA) is 76.7 Å². The number of nitrogens with one attached hydrogen (secondary N) is 1. The van der Waals surface area contributed by atoms with Crippen molar-refractivity contribution in [3.8, 4) is 12.1 Å². The summed E-state index contributed by atoms with van der Waals surface area (Å²) in [6, 6.07) is 8.54. The van der Waals surface area contributed by atoms with Crippen LogP contribution in [0.15, 0.2) is 18.2 Å². The number of carbonyl (C=O) groups is 1. The number of hydrogen-bond donors (Lipinski definition) is 1. The second kappa shape index (κ2) is 6.30. The molecule has 1 aromatic carbocycles. The normalized spacial score (nSPS) is 9.12. The lowest BCUT2D eigenvalue weighted by Gasteiger charge is -2.05. The van der Waals surface area contributed by atoms with E-state index < -0.39 is 0 Å². The summed E-state index contributed by atoms with van der Waals surface area (Å²) in [5.41, 5.74) is 1.15. The Balaban J connectivity index is 2.77. The molecular weight excluding hydrogens is 214 g/mol. The first kappa shape index (κ1) is 12.7. The maximum atomic E-state index is 11.5. The first-order valence-corrected chi connectivity index (χ1v) is 5.45. The number of hydrogen-bond acceptors (Lipinski definition) is 3. The molecule has 17 heavy (non-hydrogen) atoms. The Bertz CT molecular complexity index is 494. The predicted molar refractivity (Wildman–Crippen MR) is 64.0 cm³/mol. The molecule has 1 amide bonds. The average Bonchev–Trinajstić information content (AvgIpc) is 2.36. The van der Waals surface area contributed by atoms with Gasteiger partial charge >= 0.3 is 0 Å². The van der Waals surface area contributed by atoms with E-state index in [1.54, 1.807) is 6.07 Å². The lowest BCUT2D eigenvalue weighted by Crippen LogP contribution is -2.11. The number of unbranched alkanes of at least 4 members (excludes halogenated alkanes) is 1. The fourth-order valence-electron chi connectivity index (χ4n) is 1.37. The quantitative estimate of drug-likeness (QED) is 0.858. The summed E-state index contributed by atoms with van der Waals surface area (Å²) in [7, 11) is 0. The monoisotopic (exact) mass is 227 g/mol. The van der Waals surface area contributed by atoms with Crippen LogP contribution < -0.4 is 5.32 Å². The molecule has 0 aromatic heterocycles. The van der Waals surface area contributed by atoms with Crippen molar-refractivity contribution in [2.24, 2.45) is 0 Å². The predicted octanol–water partition coefficient (Wildman–Crippen LogP) is 2.56. The van der Waals surface area contributed by atoms with Gasteiger partial charge in [-0.3, -0.25) is 4.79 Å². The molecule has 0 heterocycles. The van der Waals surface area contributed by atoms with Gasteiger partial charge in [0.05, 0.1) is 11.1 Å². The molecule has 0 spiro atoms. The number of anilines is 1. The summed E-state index contributed by atoms with van der Waals surface area (Å²) >= 11 is 0. The zero-order valence-electron chi connectivity index (χ0n) is 9.66. The Morgan fingerprint density at radius 3 is 2.59 bits per heavy atom. The fraction of sp³-hybridized carbons (Fsp3) is 0.308. The number of nitriles is 2. The first-order chi connectivity index (χ1) is 8.21. The molecule has 86 valence electrons. The Labute approximate surface area is 100 Å². The molecule has 1 N–H and O–H groups in total. The van der Waals surface area contributed by atoms with Crippen molar-refractivity contribution in [2.45, 2.75) is 26.2 Å². The summed E-state index contributed by atoms with van der Waals surface area (Å²) in [5.74, 6) is -0.0690. The minimum atomic E-state index is -0.0690. The van der Waals surface area contributed by atoms with Crippen LogP contribution in [0.3, 0.4) is 0 Å². The maximum Gasteiger partial charge on any atom is 0.224 e. The van der Waals surface area contributed by atoms with E-state index in [1.165, 1.54) is 12.1 Å². The van der Waals surface area contributed by atoms with Gasteiger partial charge in [0, 0.05) is 12.1 Å². The van der Waals surface area contributed by atoms with Crippen molar-refractivity contribution in [1.29, 1.82) is 10.5 Å². The molecule has 0 bridgehead atoms. The molecule has 0 unspecified atom stereocenters. The van der Waals surface area contributed by atoms with E-state index in [9.17, 15) is 4.79 Å². The lowest BCUT2D eigenvalue weighted by atomic mass is 10.1. The smallest absolute Gasteiger partial charge is 0.224 e. The summed E-state index contributed by atoms with van der Waals surface area (Å²) in [5, 5.41) is 20.3. The number of amides is 1.